The van der Waals surface area contributed by atoms with Gasteiger partial charge in [0.25, 0.3) is 0 Å². The first-order chi connectivity index (χ1) is 11.7. The first kappa shape index (κ1) is 19.6. The molecule has 0 unspecified atom stereocenters. The molecule has 0 aliphatic rings. The van der Waals surface area contributed by atoms with Crippen molar-refractivity contribution >= 4 is 11.4 Å². The summed E-state index contributed by atoms with van der Waals surface area (Å²) in [5.74, 6) is 1.93. The Hall–Kier alpha value is -1.76. The molecule has 0 atom stereocenters. The quantitative estimate of drug-likeness (QED) is 0.569. The zero-order valence-electron chi connectivity index (χ0n) is 17.2. The Morgan fingerprint density at radius 1 is 0.680 bits per heavy atom. The van der Waals surface area contributed by atoms with E-state index < -0.39 is 0 Å². The Morgan fingerprint density at radius 3 is 1.48 bits per heavy atom. The van der Waals surface area contributed by atoms with E-state index in [1.54, 1.807) is 0 Å². The average Bonchev–Trinajstić information content (AvgIpc) is 2.54. The Kier molecular flexibility index (Phi) is 6.32. The van der Waals surface area contributed by atoms with Crippen molar-refractivity contribution in [2.75, 3.05) is 5.32 Å². The number of hydrogen-bond acceptors (Lipinski definition) is 1. The fraction of sp³-hybridized carbons (Fsp3) is 0.500. The third kappa shape index (κ3) is 4.66. The molecule has 0 aromatic heterocycles. The molecular formula is C24H34N. The van der Waals surface area contributed by atoms with Crippen LogP contribution in [0.3, 0.4) is 0 Å². The van der Waals surface area contributed by atoms with Gasteiger partial charge in [-0.3, -0.25) is 0 Å². The van der Waals surface area contributed by atoms with Crippen LogP contribution in [0.2, 0.25) is 0 Å². The van der Waals surface area contributed by atoms with Crippen LogP contribution >= 0.6 is 0 Å². The van der Waals surface area contributed by atoms with Crippen LogP contribution in [0.5, 0.6) is 0 Å². The third-order valence-corrected chi connectivity index (χ3v) is 4.80. The van der Waals surface area contributed by atoms with Crippen molar-refractivity contribution < 1.29 is 0 Å². The number of anilines is 2. The monoisotopic (exact) mass is 336 g/mol. The molecule has 0 spiro atoms. The predicted octanol–water partition coefficient (Wildman–Crippen LogP) is 7.72. The topological polar surface area (TPSA) is 12.0 Å². The highest BCUT2D eigenvalue weighted by atomic mass is 14.9. The third-order valence-electron chi connectivity index (χ3n) is 4.80. The standard InChI is InChI=1S/C24H34N/c1-15(2)19-12-20(16(3)4)14-21(13-19)25-24-22(17(5)6)10-9-11-23(24)18(7)8/h9-11,13-18,25H,1-8H3. The number of benzene rings is 2. The number of hydrogen-bond donors (Lipinski definition) is 1. The van der Waals surface area contributed by atoms with E-state index in [0.29, 0.717) is 23.7 Å². The number of nitrogens with one attached hydrogen (secondary N) is 1. The van der Waals surface area contributed by atoms with Crippen LogP contribution in [0, 0.1) is 6.07 Å². The summed E-state index contributed by atoms with van der Waals surface area (Å²) in [6, 6.07) is 14.8. The molecular weight excluding hydrogens is 302 g/mol. The van der Waals surface area contributed by atoms with Gasteiger partial charge < -0.3 is 5.32 Å². The molecule has 0 aliphatic carbocycles. The van der Waals surface area contributed by atoms with Gasteiger partial charge in [-0.05, 0) is 64.1 Å². The van der Waals surface area contributed by atoms with Crippen molar-refractivity contribution in [1.82, 2.24) is 0 Å². The normalized spacial score (nSPS) is 11.8. The molecule has 0 amide bonds. The summed E-state index contributed by atoms with van der Waals surface area (Å²) >= 11 is 0. The summed E-state index contributed by atoms with van der Waals surface area (Å²) in [5, 5.41) is 3.77. The van der Waals surface area contributed by atoms with E-state index in [0.717, 1.165) is 0 Å². The highest BCUT2D eigenvalue weighted by Crippen LogP contribution is 2.36. The fourth-order valence-electron chi connectivity index (χ4n) is 3.15. The molecule has 0 heterocycles. The summed E-state index contributed by atoms with van der Waals surface area (Å²) < 4.78 is 0. The van der Waals surface area contributed by atoms with Gasteiger partial charge in [0, 0.05) is 11.4 Å². The van der Waals surface area contributed by atoms with Crippen molar-refractivity contribution in [3.05, 3.63) is 58.7 Å². The summed E-state index contributed by atoms with van der Waals surface area (Å²) in [6.07, 6.45) is 0. The summed E-state index contributed by atoms with van der Waals surface area (Å²) in [5.41, 5.74) is 7.79. The first-order valence-corrected chi connectivity index (χ1v) is 9.67. The molecule has 0 saturated heterocycles. The van der Waals surface area contributed by atoms with E-state index in [-0.39, 0.29) is 0 Å². The molecule has 2 aromatic rings. The van der Waals surface area contributed by atoms with E-state index in [2.05, 4.69) is 97.1 Å². The van der Waals surface area contributed by atoms with Crippen molar-refractivity contribution in [1.29, 1.82) is 0 Å². The second-order valence-corrected chi connectivity index (χ2v) is 8.33. The Labute approximate surface area is 154 Å². The minimum Gasteiger partial charge on any atom is -0.355 e. The highest BCUT2D eigenvalue weighted by molar-refractivity contribution is 5.69. The van der Waals surface area contributed by atoms with Gasteiger partial charge in [-0.15, -0.1) is 0 Å². The second-order valence-electron chi connectivity index (χ2n) is 8.33. The maximum atomic E-state index is 3.77. The lowest BCUT2D eigenvalue weighted by atomic mass is 9.91. The lowest BCUT2D eigenvalue weighted by Gasteiger charge is -2.22. The predicted molar refractivity (Wildman–Crippen MR) is 111 cm³/mol. The van der Waals surface area contributed by atoms with E-state index in [4.69, 9.17) is 0 Å². The maximum Gasteiger partial charge on any atom is 0.0454 e. The minimum atomic E-state index is 0.476. The SMILES string of the molecule is CC(C)c1[c]c(C(C)C)cc(Nc2c(C(C)C)cccc2C(C)C)c1. The molecule has 2 aromatic carbocycles. The van der Waals surface area contributed by atoms with Crippen LogP contribution in [0.1, 0.15) is 101 Å². The van der Waals surface area contributed by atoms with Gasteiger partial charge in [-0.25, -0.2) is 0 Å². The van der Waals surface area contributed by atoms with E-state index in [9.17, 15) is 0 Å². The van der Waals surface area contributed by atoms with Gasteiger partial charge in [0.15, 0.2) is 0 Å². The smallest absolute Gasteiger partial charge is 0.0454 e. The van der Waals surface area contributed by atoms with Crippen molar-refractivity contribution in [2.45, 2.75) is 79.1 Å². The van der Waals surface area contributed by atoms with Gasteiger partial charge in [0.1, 0.15) is 0 Å². The Balaban J connectivity index is 2.55. The van der Waals surface area contributed by atoms with Crippen LogP contribution in [0.15, 0.2) is 30.3 Å². The molecule has 0 fully saturated rings. The Morgan fingerprint density at radius 2 is 1.12 bits per heavy atom. The van der Waals surface area contributed by atoms with Crippen LogP contribution in [-0.4, -0.2) is 0 Å². The molecule has 1 heteroatoms. The van der Waals surface area contributed by atoms with Crippen molar-refractivity contribution in [2.24, 2.45) is 0 Å². The lowest BCUT2D eigenvalue weighted by molar-refractivity contribution is 0.829. The lowest BCUT2D eigenvalue weighted by Crippen LogP contribution is -2.05. The summed E-state index contributed by atoms with van der Waals surface area (Å²) in [6.45, 7) is 18.0. The van der Waals surface area contributed by atoms with Gasteiger partial charge in [0.05, 0.1) is 0 Å². The Bertz CT molecular complexity index is 656. The fourth-order valence-corrected chi connectivity index (χ4v) is 3.15. The van der Waals surface area contributed by atoms with Crippen molar-refractivity contribution in [3.63, 3.8) is 0 Å². The van der Waals surface area contributed by atoms with Crippen LogP contribution in [-0.2, 0) is 0 Å². The van der Waals surface area contributed by atoms with Gasteiger partial charge in [0.2, 0.25) is 0 Å². The molecule has 0 aliphatic heterocycles. The van der Waals surface area contributed by atoms with Gasteiger partial charge in [-0.2, -0.15) is 0 Å². The number of rotatable bonds is 6. The molecule has 25 heavy (non-hydrogen) atoms. The molecule has 0 bridgehead atoms. The van der Waals surface area contributed by atoms with Gasteiger partial charge in [-0.1, -0.05) is 73.6 Å². The largest absolute Gasteiger partial charge is 0.355 e. The van der Waals surface area contributed by atoms with Crippen LogP contribution in [0.25, 0.3) is 0 Å². The average molecular weight is 337 g/mol. The zero-order chi connectivity index (χ0) is 18.7. The zero-order valence-corrected chi connectivity index (χ0v) is 17.2. The highest BCUT2D eigenvalue weighted by Gasteiger charge is 2.15. The summed E-state index contributed by atoms with van der Waals surface area (Å²) in [7, 11) is 0. The summed E-state index contributed by atoms with van der Waals surface area (Å²) in [4.78, 5) is 0. The second kappa shape index (κ2) is 8.08. The van der Waals surface area contributed by atoms with Gasteiger partial charge >= 0.3 is 0 Å². The van der Waals surface area contributed by atoms with E-state index >= 15 is 0 Å². The molecule has 1 radical (unpaired) electrons. The molecule has 1 nitrogen and oxygen atoms in total. The maximum absolute atomic E-state index is 3.77. The molecule has 135 valence electrons. The van der Waals surface area contributed by atoms with Crippen LogP contribution < -0.4 is 5.32 Å². The minimum absolute atomic E-state index is 0.476. The van der Waals surface area contributed by atoms with Crippen LogP contribution in [0.4, 0.5) is 11.4 Å². The first-order valence-electron chi connectivity index (χ1n) is 9.67. The number of para-hydroxylation sites is 1. The molecule has 2 rings (SSSR count). The van der Waals surface area contributed by atoms with E-state index in [1.807, 2.05) is 0 Å². The van der Waals surface area contributed by atoms with E-state index in [1.165, 1.54) is 33.6 Å². The molecule has 0 saturated carbocycles. The molecule has 1 N–H and O–H groups in total. The van der Waals surface area contributed by atoms with Crippen molar-refractivity contribution in [3.8, 4) is 0 Å².